The predicted octanol–water partition coefficient (Wildman–Crippen LogP) is -1.33. The zero-order valence-corrected chi connectivity index (χ0v) is 9.48. The number of hydrazine groups is 1. The summed E-state index contributed by atoms with van der Waals surface area (Å²) in [4.78, 5) is 26.9. The van der Waals surface area contributed by atoms with E-state index in [0.717, 1.165) is 26.1 Å². The second kappa shape index (κ2) is 4.39. The molecule has 6 nitrogen and oxygen atoms in total. The van der Waals surface area contributed by atoms with Crippen LogP contribution in [0.1, 0.15) is 19.8 Å². The van der Waals surface area contributed by atoms with Gasteiger partial charge in [0.25, 0.3) is 5.91 Å². The first kappa shape index (κ1) is 11.3. The Labute approximate surface area is 94.7 Å². The summed E-state index contributed by atoms with van der Waals surface area (Å²) in [5.74, 6) is 5.20. The molecule has 0 aromatic carbocycles. The van der Waals surface area contributed by atoms with E-state index in [0.29, 0.717) is 6.42 Å². The van der Waals surface area contributed by atoms with Crippen LogP contribution in [-0.4, -0.2) is 53.3 Å². The van der Waals surface area contributed by atoms with Crippen molar-refractivity contribution < 1.29 is 9.59 Å². The summed E-state index contributed by atoms with van der Waals surface area (Å²) < 4.78 is 0. The molecule has 2 atom stereocenters. The molecule has 2 fully saturated rings. The van der Waals surface area contributed by atoms with E-state index >= 15 is 0 Å². The van der Waals surface area contributed by atoms with Crippen molar-refractivity contribution in [3.8, 4) is 0 Å². The van der Waals surface area contributed by atoms with Gasteiger partial charge in [0.2, 0.25) is 5.91 Å². The van der Waals surface area contributed by atoms with Crippen LogP contribution in [0.2, 0.25) is 0 Å². The minimum atomic E-state index is -0.220. The lowest BCUT2D eigenvalue weighted by Gasteiger charge is -2.39. The second-order valence-corrected chi connectivity index (χ2v) is 4.46. The van der Waals surface area contributed by atoms with Crippen LogP contribution in [-0.2, 0) is 9.59 Å². The maximum atomic E-state index is 11.5. The zero-order chi connectivity index (χ0) is 11.7. The normalized spacial score (nSPS) is 27.8. The third kappa shape index (κ3) is 1.90. The molecule has 16 heavy (non-hydrogen) atoms. The fraction of sp³-hybridized carbons (Fsp3) is 0.800. The maximum absolute atomic E-state index is 11.5. The van der Waals surface area contributed by atoms with Crippen LogP contribution in [0.15, 0.2) is 0 Å². The Bertz CT molecular complexity index is 307. The van der Waals surface area contributed by atoms with Gasteiger partial charge in [0.1, 0.15) is 0 Å². The quantitative estimate of drug-likeness (QED) is 0.347. The molecule has 0 spiro atoms. The average Bonchev–Trinajstić information content (AvgIpc) is 2.68. The van der Waals surface area contributed by atoms with Crippen LogP contribution in [0, 0.1) is 0 Å². The number of rotatable bonds is 2. The van der Waals surface area contributed by atoms with Crippen molar-refractivity contribution in [1.82, 2.24) is 15.2 Å². The van der Waals surface area contributed by atoms with E-state index in [2.05, 4.69) is 10.3 Å². The van der Waals surface area contributed by atoms with Crippen LogP contribution in [0.3, 0.4) is 0 Å². The number of amides is 2. The molecular formula is C10H18N4O2. The standard InChI is InChI=1S/C10H18N4O2/c1-7(10(16)12-11)13-4-5-14-8(6-13)2-3-9(14)15/h7-8H,2-6,11H2,1H3,(H,12,16). The first-order valence-electron chi connectivity index (χ1n) is 5.67. The monoisotopic (exact) mass is 226 g/mol. The molecule has 3 N–H and O–H groups in total. The molecule has 90 valence electrons. The lowest BCUT2D eigenvalue weighted by atomic mass is 10.1. The van der Waals surface area contributed by atoms with Gasteiger partial charge in [-0.25, -0.2) is 5.84 Å². The Kier molecular flexibility index (Phi) is 3.11. The summed E-state index contributed by atoms with van der Waals surface area (Å²) in [5.41, 5.74) is 2.17. The van der Waals surface area contributed by atoms with Crippen molar-refractivity contribution in [3.05, 3.63) is 0 Å². The molecule has 0 aliphatic carbocycles. The van der Waals surface area contributed by atoms with E-state index in [1.54, 1.807) is 0 Å². The van der Waals surface area contributed by atoms with Gasteiger partial charge in [0, 0.05) is 32.1 Å². The third-order valence-electron chi connectivity index (χ3n) is 3.60. The smallest absolute Gasteiger partial charge is 0.250 e. The molecule has 0 radical (unpaired) electrons. The molecule has 0 aromatic heterocycles. The van der Waals surface area contributed by atoms with Crippen molar-refractivity contribution >= 4 is 11.8 Å². The molecule has 0 saturated carbocycles. The van der Waals surface area contributed by atoms with Crippen molar-refractivity contribution in [1.29, 1.82) is 0 Å². The van der Waals surface area contributed by atoms with Gasteiger partial charge < -0.3 is 4.90 Å². The number of fused-ring (bicyclic) bond motifs is 1. The molecule has 2 saturated heterocycles. The third-order valence-corrected chi connectivity index (χ3v) is 3.60. The summed E-state index contributed by atoms with van der Waals surface area (Å²) in [6, 6.07) is 0.0668. The SMILES string of the molecule is CC(C(=O)NN)N1CCN2C(=O)CCC2C1. The summed E-state index contributed by atoms with van der Waals surface area (Å²) in [6.45, 7) is 4.09. The van der Waals surface area contributed by atoms with Gasteiger partial charge in [-0.2, -0.15) is 0 Å². The van der Waals surface area contributed by atoms with Gasteiger partial charge in [0.15, 0.2) is 0 Å². The van der Waals surface area contributed by atoms with Gasteiger partial charge in [-0.05, 0) is 13.3 Å². The van der Waals surface area contributed by atoms with Crippen molar-refractivity contribution in [2.75, 3.05) is 19.6 Å². The van der Waals surface area contributed by atoms with Crippen LogP contribution in [0.4, 0.5) is 0 Å². The van der Waals surface area contributed by atoms with Gasteiger partial charge in [0.05, 0.1) is 6.04 Å². The number of piperazine rings is 1. The van der Waals surface area contributed by atoms with Crippen LogP contribution in [0.5, 0.6) is 0 Å². The number of carbonyl (C=O) groups excluding carboxylic acids is 2. The minimum Gasteiger partial charge on any atom is -0.337 e. The number of nitrogens with one attached hydrogen (secondary N) is 1. The van der Waals surface area contributed by atoms with E-state index in [1.165, 1.54) is 0 Å². The summed E-state index contributed by atoms with van der Waals surface area (Å²) in [6.07, 6.45) is 1.56. The topological polar surface area (TPSA) is 78.7 Å². The first-order chi connectivity index (χ1) is 7.63. The van der Waals surface area contributed by atoms with E-state index < -0.39 is 0 Å². The largest absolute Gasteiger partial charge is 0.337 e. The zero-order valence-electron chi connectivity index (χ0n) is 9.48. The summed E-state index contributed by atoms with van der Waals surface area (Å²) in [5, 5.41) is 0. The first-order valence-corrected chi connectivity index (χ1v) is 5.67. The molecule has 2 unspecified atom stereocenters. The van der Waals surface area contributed by atoms with Crippen molar-refractivity contribution in [2.45, 2.75) is 31.8 Å². The lowest BCUT2D eigenvalue weighted by Crippen LogP contribution is -2.57. The van der Waals surface area contributed by atoms with Crippen molar-refractivity contribution in [3.63, 3.8) is 0 Å². The maximum Gasteiger partial charge on any atom is 0.250 e. The minimum absolute atomic E-state index is 0.169. The molecule has 2 rings (SSSR count). The highest BCUT2D eigenvalue weighted by Crippen LogP contribution is 2.23. The Hall–Kier alpha value is -1.14. The van der Waals surface area contributed by atoms with E-state index in [1.807, 2.05) is 11.8 Å². The molecular weight excluding hydrogens is 208 g/mol. The highest BCUT2D eigenvalue weighted by Gasteiger charge is 2.37. The molecule has 6 heteroatoms. The predicted molar refractivity (Wildman–Crippen MR) is 58.1 cm³/mol. The van der Waals surface area contributed by atoms with Gasteiger partial charge >= 0.3 is 0 Å². The molecule has 2 amide bonds. The molecule has 2 aliphatic heterocycles. The summed E-state index contributed by atoms with van der Waals surface area (Å²) in [7, 11) is 0. The number of nitrogens with two attached hydrogens (primary N) is 1. The molecule has 0 aromatic rings. The fourth-order valence-electron chi connectivity index (χ4n) is 2.53. The van der Waals surface area contributed by atoms with E-state index in [4.69, 9.17) is 5.84 Å². The molecule has 2 aliphatic rings. The van der Waals surface area contributed by atoms with Crippen LogP contribution < -0.4 is 11.3 Å². The highest BCUT2D eigenvalue weighted by atomic mass is 16.2. The lowest BCUT2D eigenvalue weighted by molar-refractivity contribution is -0.132. The van der Waals surface area contributed by atoms with Crippen molar-refractivity contribution in [2.24, 2.45) is 5.84 Å². The highest BCUT2D eigenvalue weighted by molar-refractivity contribution is 5.81. The Morgan fingerprint density at radius 2 is 2.31 bits per heavy atom. The Balaban J connectivity index is 1.96. The van der Waals surface area contributed by atoms with Crippen LogP contribution in [0.25, 0.3) is 0 Å². The molecule has 2 heterocycles. The Morgan fingerprint density at radius 3 is 3.00 bits per heavy atom. The second-order valence-electron chi connectivity index (χ2n) is 4.46. The van der Waals surface area contributed by atoms with Gasteiger partial charge in [-0.15, -0.1) is 0 Å². The van der Waals surface area contributed by atoms with E-state index in [9.17, 15) is 9.59 Å². The van der Waals surface area contributed by atoms with Crippen LogP contribution >= 0.6 is 0 Å². The summed E-state index contributed by atoms with van der Waals surface area (Å²) >= 11 is 0. The van der Waals surface area contributed by atoms with Gasteiger partial charge in [-0.1, -0.05) is 0 Å². The number of hydrogen-bond acceptors (Lipinski definition) is 4. The fourth-order valence-corrected chi connectivity index (χ4v) is 2.53. The number of nitrogens with zero attached hydrogens (tertiary/aromatic N) is 2. The number of hydrogen-bond donors (Lipinski definition) is 2. The Morgan fingerprint density at radius 1 is 1.56 bits per heavy atom. The van der Waals surface area contributed by atoms with E-state index in [-0.39, 0.29) is 23.9 Å². The number of carbonyl (C=O) groups is 2. The van der Waals surface area contributed by atoms with Gasteiger partial charge in [-0.3, -0.25) is 19.9 Å². The molecule has 0 bridgehead atoms. The average molecular weight is 226 g/mol.